The Morgan fingerprint density at radius 2 is 1.33 bits per heavy atom. The summed E-state index contributed by atoms with van der Waals surface area (Å²) in [4.78, 5) is 0. The van der Waals surface area contributed by atoms with E-state index in [0.717, 1.165) is 11.1 Å². The van der Waals surface area contributed by atoms with Gasteiger partial charge in [-0.15, -0.1) is 0 Å². The van der Waals surface area contributed by atoms with Crippen LogP contribution < -0.4 is 5.73 Å². The molecule has 0 amide bonds. The molecule has 0 aliphatic heterocycles. The average Bonchev–Trinajstić information content (AvgIpc) is 2.40. The molecule has 2 aromatic rings. The van der Waals surface area contributed by atoms with Gasteiger partial charge in [-0.2, -0.15) is 0 Å². The molecule has 0 aromatic heterocycles. The Labute approximate surface area is 119 Å². The molecule has 0 spiro atoms. The normalized spacial score (nSPS) is 11.2. The molecule has 0 atom stereocenters. The summed E-state index contributed by atoms with van der Waals surface area (Å²) in [6, 6.07) is 20.0. The van der Waals surface area contributed by atoms with Crippen molar-refractivity contribution in [3.8, 4) is 0 Å². The second-order valence-corrected chi connectivity index (χ2v) is 6.76. The first kappa shape index (κ1) is 13.2. The fourth-order valence-corrected chi connectivity index (χ4v) is 3.60. The maximum atomic E-state index is 7.56. The van der Waals surface area contributed by atoms with E-state index >= 15 is 0 Å². The third-order valence-electron chi connectivity index (χ3n) is 2.54. The van der Waals surface area contributed by atoms with Crippen LogP contribution in [0.2, 0.25) is 0 Å². The highest BCUT2D eigenvalue weighted by molar-refractivity contribution is 9.11. The first-order chi connectivity index (χ1) is 8.63. The minimum absolute atomic E-state index is 0.0829. The summed E-state index contributed by atoms with van der Waals surface area (Å²) in [5.74, 6) is 0. The minimum Gasteiger partial charge on any atom is -0.379 e. The van der Waals surface area contributed by atoms with Gasteiger partial charge < -0.3 is 5.73 Å². The number of benzene rings is 2. The second kappa shape index (κ2) is 5.59. The number of alkyl halides is 1. The molecule has 0 saturated carbocycles. The summed E-state index contributed by atoms with van der Waals surface area (Å²) in [5, 5.41) is 7.64. The van der Waals surface area contributed by atoms with Crippen LogP contribution in [0.15, 0.2) is 60.7 Å². The number of rotatable bonds is 3. The Hall–Kier alpha value is -1.26. The summed E-state index contributed by atoms with van der Waals surface area (Å²) < 4.78 is -0.513. The smallest absolute Gasteiger partial charge is 0.153 e. The van der Waals surface area contributed by atoms with E-state index in [0.29, 0.717) is 0 Å². The van der Waals surface area contributed by atoms with Crippen molar-refractivity contribution < 1.29 is 0 Å². The van der Waals surface area contributed by atoms with Gasteiger partial charge in [0.25, 0.3) is 0 Å². The zero-order chi connectivity index (χ0) is 13.0. The van der Waals surface area contributed by atoms with E-state index < -0.39 is 3.66 Å². The van der Waals surface area contributed by atoms with Gasteiger partial charge in [-0.05, 0) is 11.1 Å². The van der Waals surface area contributed by atoms with Gasteiger partial charge >= 0.3 is 0 Å². The Balaban J connectivity index is 2.51. The van der Waals surface area contributed by atoms with Gasteiger partial charge in [0.1, 0.15) is 3.66 Å². The highest BCUT2D eigenvalue weighted by Gasteiger charge is 2.32. The summed E-state index contributed by atoms with van der Waals surface area (Å²) in [6.45, 7) is 0. The zero-order valence-electron chi connectivity index (χ0n) is 9.64. The number of nitrogens with one attached hydrogen (secondary N) is 1. The van der Waals surface area contributed by atoms with Crippen LogP contribution in [0.25, 0.3) is 0 Å². The molecular formula is C14H13BrN2S. The van der Waals surface area contributed by atoms with Gasteiger partial charge in [-0.3, -0.25) is 5.41 Å². The van der Waals surface area contributed by atoms with E-state index in [-0.39, 0.29) is 5.17 Å². The molecule has 0 fully saturated rings. The van der Waals surface area contributed by atoms with Crippen molar-refractivity contribution in [1.82, 2.24) is 0 Å². The molecule has 0 unspecified atom stereocenters. The van der Waals surface area contributed by atoms with Crippen molar-refractivity contribution >= 4 is 32.9 Å². The maximum absolute atomic E-state index is 7.56. The van der Waals surface area contributed by atoms with Crippen molar-refractivity contribution in [3.63, 3.8) is 0 Å². The van der Waals surface area contributed by atoms with Crippen molar-refractivity contribution in [2.24, 2.45) is 5.73 Å². The number of hydrogen-bond donors (Lipinski definition) is 2. The van der Waals surface area contributed by atoms with E-state index in [2.05, 4.69) is 15.9 Å². The third-order valence-corrected chi connectivity index (χ3v) is 4.91. The lowest BCUT2D eigenvalue weighted by molar-refractivity contribution is 1.10. The quantitative estimate of drug-likeness (QED) is 0.511. The van der Waals surface area contributed by atoms with Crippen LogP contribution in [0.3, 0.4) is 0 Å². The average molecular weight is 321 g/mol. The van der Waals surface area contributed by atoms with Crippen LogP contribution >= 0.6 is 27.7 Å². The van der Waals surface area contributed by atoms with Gasteiger partial charge in [0.05, 0.1) is 0 Å². The van der Waals surface area contributed by atoms with Gasteiger partial charge in [0.15, 0.2) is 5.17 Å². The lowest BCUT2D eigenvalue weighted by atomic mass is 10.0. The molecule has 18 heavy (non-hydrogen) atoms. The van der Waals surface area contributed by atoms with Crippen LogP contribution in [-0.4, -0.2) is 5.17 Å². The van der Waals surface area contributed by atoms with Crippen molar-refractivity contribution in [2.45, 2.75) is 3.66 Å². The lowest BCUT2D eigenvalue weighted by Gasteiger charge is -2.27. The molecule has 0 aliphatic rings. The van der Waals surface area contributed by atoms with E-state index in [4.69, 9.17) is 11.1 Å². The predicted molar refractivity (Wildman–Crippen MR) is 82.1 cm³/mol. The summed E-state index contributed by atoms with van der Waals surface area (Å²) in [5.41, 5.74) is 7.70. The van der Waals surface area contributed by atoms with Crippen molar-refractivity contribution in [1.29, 1.82) is 5.41 Å². The van der Waals surface area contributed by atoms with Gasteiger partial charge in [-0.1, -0.05) is 88.4 Å². The van der Waals surface area contributed by atoms with Gasteiger partial charge in [0, 0.05) is 0 Å². The molecular weight excluding hydrogens is 308 g/mol. The Morgan fingerprint density at radius 3 is 1.67 bits per heavy atom. The molecule has 0 heterocycles. The van der Waals surface area contributed by atoms with Gasteiger partial charge in [-0.25, -0.2) is 0 Å². The maximum Gasteiger partial charge on any atom is 0.153 e. The highest BCUT2D eigenvalue weighted by Crippen LogP contribution is 2.47. The Kier molecular flexibility index (Phi) is 4.09. The molecule has 0 aliphatic carbocycles. The van der Waals surface area contributed by atoms with Crippen LogP contribution in [0, 0.1) is 5.41 Å². The first-order valence-electron chi connectivity index (χ1n) is 5.46. The van der Waals surface area contributed by atoms with Crippen LogP contribution in [0.1, 0.15) is 11.1 Å². The van der Waals surface area contributed by atoms with E-state index in [1.54, 1.807) is 0 Å². The molecule has 2 rings (SSSR count). The number of halogens is 1. The minimum atomic E-state index is -0.513. The molecule has 0 saturated heterocycles. The summed E-state index contributed by atoms with van der Waals surface area (Å²) in [6.07, 6.45) is 0. The van der Waals surface area contributed by atoms with Crippen LogP contribution in [-0.2, 0) is 3.66 Å². The molecule has 0 radical (unpaired) electrons. The van der Waals surface area contributed by atoms with Crippen molar-refractivity contribution in [3.05, 3.63) is 71.8 Å². The monoisotopic (exact) mass is 320 g/mol. The Morgan fingerprint density at radius 1 is 0.944 bits per heavy atom. The zero-order valence-corrected chi connectivity index (χ0v) is 12.0. The number of amidine groups is 1. The van der Waals surface area contributed by atoms with E-state index in [1.807, 2.05) is 60.7 Å². The lowest BCUT2D eigenvalue weighted by Crippen LogP contribution is -2.21. The molecule has 2 aromatic carbocycles. The standard InChI is InChI=1S/C14H13BrN2S/c15-14(18-13(16)17,11-7-3-1-4-8-11)12-9-5-2-6-10-12/h1-10H,(H3,16,17). The molecule has 3 N–H and O–H groups in total. The number of nitrogens with two attached hydrogens (primary N) is 1. The second-order valence-electron chi connectivity index (χ2n) is 3.79. The number of thioether (sulfide) groups is 1. The van der Waals surface area contributed by atoms with Crippen molar-refractivity contribution in [2.75, 3.05) is 0 Å². The van der Waals surface area contributed by atoms with E-state index in [1.165, 1.54) is 11.8 Å². The third kappa shape index (κ3) is 2.76. The largest absolute Gasteiger partial charge is 0.379 e. The summed E-state index contributed by atoms with van der Waals surface area (Å²) in [7, 11) is 0. The molecule has 92 valence electrons. The topological polar surface area (TPSA) is 49.9 Å². The summed E-state index contributed by atoms with van der Waals surface area (Å²) >= 11 is 5.03. The van der Waals surface area contributed by atoms with E-state index in [9.17, 15) is 0 Å². The predicted octanol–water partition coefficient (Wildman–Crippen LogP) is 3.91. The molecule has 4 heteroatoms. The molecule has 0 bridgehead atoms. The van der Waals surface area contributed by atoms with Crippen LogP contribution in [0.4, 0.5) is 0 Å². The number of hydrogen-bond acceptors (Lipinski definition) is 2. The van der Waals surface area contributed by atoms with Crippen LogP contribution in [0.5, 0.6) is 0 Å². The van der Waals surface area contributed by atoms with Gasteiger partial charge in [0.2, 0.25) is 0 Å². The Bertz CT molecular complexity index is 489. The first-order valence-corrected chi connectivity index (χ1v) is 7.07. The molecule has 2 nitrogen and oxygen atoms in total. The highest BCUT2D eigenvalue weighted by atomic mass is 79.9. The fourth-order valence-electron chi connectivity index (χ4n) is 1.74. The SMILES string of the molecule is N=C(N)SC(Br)(c1ccccc1)c1ccccc1. The fraction of sp³-hybridized carbons (Fsp3) is 0.0714.